The lowest BCUT2D eigenvalue weighted by Gasteiger charge is -2.31. The number of ether oxygens (including phenoxy) is 1. The number of para-hydroxylation sites is 1. The second-order valence-electron chi connectivity index (χ2n) is 6.50. The molecule has 0 unspecified atom stereocenters. The number of piperidine rings is 1. The van der Waals surface area contributed by atoms with Crippen molar-refractivity contribution in [2.75, 3.05) is 30.3 Å². The number of nitriles is 1. The van der Waals surface area contributed by atoms with Crippen molar-refractivity contribution in [3.05, 3.63) is 47.9 Å². The van der Waals surface area contributed by atoms with Crippen LogP contribution in [0.1, 0.15) is 35.8 Å². The number of nitrogens with one attached hydrogen (secondary N) is 2. The number of anilines is 2. The molecule has 1 fully saturated rings. The van der Waals surface area contributed by atoms with Gasteiger partial charge >= 0.3 is 6.09 Å². The van der Waals surface area contributed by atoms with Crippen LogP contribution in [0.5, 0.6) is 0 Å². The first-order chi connectivity index (χ1) is 14.1. The van der Waals surface area contributed by atoms with Crippen molar-refractivity contribution in [3.8, 4) is 6.07 Å². The van der Waals surface area contributed by atoms with Gasteiger partial charge in [0.15, 0.2) is 0 Å². The fourth-order valence-electron chi connectivity index (χ4n) is 3.07. The highest BCUT2D eigenvalue weighted by atomic mass is 16.6. The van der Waals surface area contributed by atoms with Crippen LogP contribution in [0.15, 0.2) is 36.7 Å². The van der Waals surface area contributed by atoms with Crippen LogP contribution in [0.3, 0.4) is 0 Å². The molecule has 2 aromatic rings. The molecule has 1 aromatic carbocycles. The van der Waals surface area contributed by atoms with Gasteiger partial charge in [0.25, 0.3) is 5.91 Å². The summed E-state index contributed by atoms with van der Waals surface area (Å²) in [4.78, 5) is 34.2. The molecule has 0 aliphatic carbocycles. The number of hydrogen-bond acceptors (Lipinski definition) is 7. The van der Waals surface area contributed by atoms with Gasteiger partial charge in [-0.2, -0.15) is 5.26 Å². The number of likely N-dealkylation sites (tertiary alicyclic amines) is 1. The van der Waals surface area contributed by atoms with Crippen molar-refractivity contribution in [2.24, 2.45) is 0 Å². The Bertz CT molecular complexity index is 918. The molecule has 150 valence electrons. The van der Waals surface area contributed by atoms with Gasteiger partial charge in [0.05, 0.1) is 17.9 Å². The van der Waals surface area contributed by atoms with E-state index in [-0.39, 0.29) is 17.8 Å². The molecule has 9 nitrogen and oxygen atoms in total. The maximum absolute atomic E-state index is 12.5. The summed E-state index contributed by atoms with van der Waals surface area (Å²) in [5.41, 5.74) is 1.00. The van der Waals surface area contributed by atoms with Gasteiger partial charge in [-0.3, -0.25) is 4.79 Å². The summed E-state index contributed by atoms with van der Waals surface area (Å²) >= 11 is 0. The minimum Gasteiger partial charge on any atom is -0.450 e. The molecule has 1 aliphatic heterocycles. The monoisotopic (exact) mass is 394 g/mol. The molecule has 0 saturated carbocycles. The van der Waals surface area contributed by atoms with Crippen LogP contribution >= 0.6 is 0 Å². The average Bonchev–Trinajstić information content (AvgIpc) is 2.75. The topological polar surface area (TPSA) is 120 Å². The first kappa shape index (κ1) is 20.1. The number of aromatic nitrogens is 2. The van der Waals surface area contributed by atoms with E-state index < -0.39 is 5.91 Å². The molecule has 1 aliphatic rings. The van der Waals surface area contributed by atoms with Crippen LogP contribution in [-0.2, 0) is 4.74 Å². The fourth-order valence-corrected chi connectivity index (χ4v) is 3.07. The largest absolute Gasteiger partial charge is 0.450 e. The van der Waals surface area contributed by atoms with E-state index in [1.807, 2.05) is 6.07 Å². The first-order valence-corrected chi connectivity index (χ1v) is 9.41. The number of nitrogens with zero attached hydrogens (tertiary/aromatic N) is 4. The molecule has 0 radical (unpaired) electrons. The normalized spacial score (nSPS) is 14.0. The SMILES string of the molecule is CCOC(=O)N1CCC(Nc2cc(C(=O)Nc3ccccc3C#N)ncn2)CC1. The molecular weight excluding hydrogens is 372 g/mol. The van der Waals surface area contributed by atoms with Gasteiger partial charge in [0.1, 0.15) is 23.9 Å². The van der Waals surface area contributed by atoms with E-state index in [0.29, 0.717) is 36.8 Å². The Balaban J connectivity index is 1.59. The van der Waals surface area contributed by atoms with E-state index in [4.69, 9.17) is 10.00 Å². The summed E-state index contributed by atoms with van der Waals surface area (Å²) in [5.74, 6) is 0.114. The van der Waals surface area contributed by atoms with Crippen molar-refractivity contribution in [3.63, 3.8) is 0 Å². The average molecular weight is 394 g/mol. The summed E-state index contributed by atoms with van der Waals surface area (Å²) in [6, 6.07) is 10.5. The molecule has 2 N–H and O–H groups in total. The van der Waals surface area contributed by atoms with Crippen molar-refractivity contribution < 1.29 is 14.3 Å². The minimum absolute atomic E-state index is 0.130. The summed E-state index contributed by atoms with van der Waals surface area (Å²) in [5, 5.41) is 15.1. The number of carbonyl (C=O) groups is 2. The molecule has 0 bridgehead atoms. The molecule has 1 aromatic heterocycles. The predicted octanol–water partition coefficient (Wildman–Crippen LogP) is 2.63. The van der Waals surface area contributed by atoms with E-state index in [2.05, 4.69) is 20.6 Å². The maximum Gasteiger partial charge on any atom is 0.409 e. The molecular formula is C20H22N6O3. The van der Waals surface area contributed by atoms with Crippen molar-refractivity contribution >= 4 is 23.5 Å². The maximum atomic E-state index is 12.5. The Morgan fingerprint density at radius 2 is 2.03 bits per heavy atom. The summed E-state index contributed by atoms with van der Waals surface area (Å²) in [6.45, 7) is 3.34. The van der Waals surface area contributed by atoms with Gasteiger partial charge in [-0.15, -0.1) is 0 Å². The summed E-state index contributed by atoms with van der Waals surface area (Å²) < 4.78 is 5.02. The van der Waals surface area contributed by atoms with E-state index in [0.717, 1.165) is 12.8 Å². The third-order valence-corrected chi connectivity index (χ3v) is 4.57. The lowest BCUT2D eigenvalue weighted by atomic mass is 10.1. The third kappa shape index (κ3) is 5.19. The fraction of sp³-hybridized carbons (Fsp3) is 0.350. The molecule has 0 atom stereocenters. The van der Waals surface area contributed by atoms with Gasteiger partial charge < -0.3 is 20.3 Å². The molecule has 2 amide bonds. The second-order valence-corrected chi connectivity index (χ2v) is 6.50. The van der Waals surface area contributed by atoms with E-state index in [1.54, 1.807) is 42.2 Å². The zero-order valence-corrected chi connectivity index (χ0v) is 16.1. The van der Waals surface area contributed by atoms with Gasteiger partial charge in [-0.05, 0) is 31.9 Å². The Morgan fingerprint density at radius 1 is 1.28 bits per heavy atom. The molecule has 29 heavy (non-hydrogen) atoms. The van der Waals surface area contributed by atoms with E-state index >= 15 is 0 Å². The second kappa shape index (κ2) is 9.50. The van der Waals surface area contributed by atoms with Crippen molar-refractivity contribution in [2.45, 2.75) is 25.8 Å². The highest BCUT2D eigenvalue weighted by Crippen LogP contribution is 2.18. The Labute approximate surface area is 168 Å². The van der Waals surface area contributed by atoms with Gasteiger partial charge in [-0.1, -0.05) is 12.1 Å². The van der Waals surface area contributed by atoms with Crippen LogP contribution < -0.4 is 10.6 Å². The van der Waals surface area contributed by atoms with E-state index in [9.17, 15) is 9.59 Å². The van der Waals surface area contributed by atoms with Crippen LogP contribution in [-0.4, -0.2) is 52.6 Å². The Morgan fingerprint density at radius 3 is 2.76 bits per heavy atom. The Kier molecular flexibility index (Phi) is 6.58. The summed E-state index contributed by atoms with van der Waals surface area (Å²) in [6.07, 6.45) is 2.53. The molecule has 9 heteroatoms. The third-order valence-electron chi connectivity index (χ3n) is 4.57. The smallest absolute Gasteiger partial charge is 0.409 e. The highest BCUT2D eigenvalue weighted by molar-refractivity contribution is 6.03. The number of rotatable bonds is 5. The molecule has 2 heterocycles. The quantitative estimate of drug-likeness (QED) is 0.800. The zero-order chi connectivity index (χ0) is 20.6. The number of amides is 2. The van der Waals surface area contributed by atoms with E-state index in [1.165, 1.54) is 6.33 Å². The van der Waals surface area contributed by atoms with Crippen LogP contribution in [0.2, 0.25) is 0 Å². The number of benzene rings is 1. The minimum atomic E-state index is -0.421. The number of carbonyl (C=O) groups excluding carboxylic acids is 2. The van der Waals surface area contributed by atoms with Gasteiger partial charge in [-0.25, -0.2) is 14.8 Å². The highest BCUT2D eigenvalue weighted by Gasteiger charge is 2.24. The standard InChI is InChI=1S/C20H22N6O3/c1-2-29-20(28)26-9-7-15(8-10-26)24-18-11-17(22-13-23-18)19(27)25-16-6-4-3-5-14(16)12-21/h3-6,11,13,15H,2,7-10H2,1H3,(H,25,27)(H,22,23,24). The lowest BCUT2D eigenvalue weighted by molar-refractivity contribution is 0.0980. The number of hydrogen-bond donors (Lipinski definition) is 2. The van der Waals surface area contributed by atoms with Crippen LogP contribution in [0, 0.1) is 11.3 Å². The Hall–Kier alpha value is -3.67. The molecule has 0 spiro atoms. The zero-order valence-electron chi connectivity index (χ0n) is 16.1. The van der Waals surface area contributed by atoms with Gasteiger partial charge in [0.2, 0.25) is 0 Å². The van der Waals surface area contributed by atoms with Crippen molar-refractivity contribution in [1.29, 1.82) is 5.26 Å². The van der Waals surface area contributed by atoms with Gasteiger partial charge in [0, 0.05) is 25.2 Å². The predicted molar refractivity (Wildman–Crippen MR) is 106 cm³/mol. The van der Waals surface area contributed by atoms with Crippen LogP contribution in [0.25, 0.3) is 0 Å². The molecule has 1 saturated heterocycles. The first-order valence-electron chi connectivity index (χ1n) is 9.41. The summed E-state index contributed by atoms with van der Waals surface area (Å²) in [7, 11) is 0. The molecule has 3 rings (SSSR count). The lowest BCUT2D eigenvalue weighted by Crippen LogP contribution is -2.42. The van der Waals surface area contributed by atoms with Crippen LogP contribution in [0.4, 0.5) is 16.3 Å². The van der Waals surface area contributed by atoms with Crippen molar-refractivity contribution in [1.82, 2.24) is 14.9 Å².